The summed E-state index contributed by atoms with van der Waals surface area (Å²) in [6.07, 6.45) is 5.74. The first-order valence-corrected chi connectivity index (χ1v) is 14.4. The van der Waals surface area contributed by atoms with E-state index in [-0.39, 0.29) is 5.56 Å². The Bertz CT molecular complexity index is 1520. The van der Waals surface area contributed by atoms with Gasteiger partial charge >= 0.3 is 0 Å². The normalized spacial score (nSPS) is 21.5. The van der Waals surface area contributed by atoms with Crippen molar-refractivity contribution in [3.8, 4) is 12.1 Å². The molecule has 5 rings (SSSR count). The molecule has 0 saturated carbocycles. The fraction of sp³-hybridized carbons (Fsp3) is 0.400. The van der Waals surface area contributed by atoms with Crippen molar-refractivity contribution in [2.45, 2.75) is 44.8 Å². The molecule has 2 aliphatic rings. The molecule has 40 heavy (non-hydrogen) atoms. The van der Waals surface area contributed by atoms with E-state index in [9.17, 15) is 15.3 Å². The molecule has 10 heteroatoms. The Kier molecular flexibility index (Phi) is 8.11. The summed E-state index contributed by atoms with van der Waals surface area (Å²) in [6, 6.07) is 16.8. The van der Waals surface area contributed by atoms with E-state index in [0.29, 0.717) is 40.8 Å². The van der Waals surface area contributed by atoms with E-state index in [4.69, 9.17) is 0 Å². The van der Waals surface area contributed by atoms with Crippen LogP contribution < -0.4 is 20.7 Å². The van der Waals surface area contributed by atoms with Gasteiger partial charge in [-0.2, -0.15) is 10.5 Å². The third kappa shape index (κ3) is 5.70. The van der Waals surface area contributed by atoms with Crippen LogP contribution in [0.3, 0.4) is 0 Å². The molecular formula is C30H33BrN8O. The number of nitrogens with zero attached hydrogens (tertiary/aromatic N) is 7. The monoisotopic (exact) mass is 600 g/mol. The minimum atomic E-state index is -0.109. The summed E-state index contributed by atoms with van der Waals surface area (Å²) in [5.41, 5.74) is 3.33. The molecule has 2 aliphatic heterocycles. The zero-order valence-corrected chi connectivity index (χ0v) is 24.6. The molecule has 1 N–H and O–H groups in total. The second-order valence-corrected chi connectivity index (χ2v) is 11.6. The Morgan fingerprint density at radius 2 is 1.73 bits per heavy atom. The van der Waals surface area contributed by atoms with Gasteiger partial charge < -0.3 is 19.7 Å². The number of piperazine rings is 1. The number of rotatable bonds is 5. The van der Waals surface area contributed by atoms with E-state index in [2.05, 4.69) is 73.0 Å². The van der Waals surface area contributed by atoms with Gasteiger partial charge in [-0.3, -0.25) is 9.69 Å². The predicted octanol–water partition coefficient (Wildman–Crippen LogP) is 4.60. The summed E-state index contributed by atoms with van der Waals surface area (Å²) in [4.78, 5) is 24.4. The molecule has 2 saturated heterocycles. The maximum absolute atomic E-state index is 12.4. The number of halogens is 1. The van der Waals surface area contributed by atoms with Crippen LogP contribution in [0.2, 0.25) is 0 Å². The Morgan fingerprint density at radius 3 is 2.40 bits per heavy atom. The van der Waals surface area contributed by atoms with E-state index in [1.807, 2.05) is 24.4 Å². The number of hydrogen-bond donors (Lipinski definition) is 1. The van der Waals surface area contributed by atoms with Crippen molar-refractivity contribution < 1.29 is 0 Å². The minimum Gasteiger partial charge on any atom is -0.369 e. The first kappa shape index (κ1) is 27.7. The Hall–Kier alpha value is -3.86. The van der Waals surface area contributed by atoms with Gasteiger partial charge in [0.25, 0.3) is 5.56 Å². The maximum Gasteiger partial charge on any atom is 0.274 e. The summed E-state index contributed by atoms with van der Waals surface area (Å²) >= 11 is 3.44. The lowest BCUT2D eigenvalue weighted by molar-refractivity contribution is 0.132. The molecule has 3 atom stereocenters. The predicted molar refractivity (Wildman–Crippen MR) is 161 cm³/mol. The van der Waals surface area contributed by atoms with Crippen molar-refractivity contribution >= 4 is 38.8 Å². The second-order valence-electron chi connectivity index (χ2n) is 10.7. The number of nitriles is 2. The molecule has 0 radical (unpaired) electrons. The van der Waals surface area contributed by atoms with Crippen LogP contribution in [0.1, 0.15) is 37.8 Å². The van der Waals surface area contributed by atoms with Gasteiger partial charge in [0, 0.05) is 67.7 Å². The first-order valence-electron chi connectivity index (χ1n) is 13.6. The van der Waals surface area contributed by atoms with Crippen LogP contribution >= 0.6 is 15.9 Å². The van der Waals surface area contributed by atoms with Crippen LogP contribution in [0.5, 0.6) is 0 Å². The van der Waals surface area contributed by atoms with Crippen molar-refractivity contribution in [1.82, 2.24) is 14.5 Å². The van der Waals surface area contributed by atoms with E-state index < -0.39 is 0 Å². The average molecular weight is 602 g/mol. The van der Waals surface area contributed by atoms with E-state index in [1.165, 1.54) is 4.57 Å². The number of aryl methyl sites for hydroxylation is 1. The van der Waals surface area contributed by atoms with Crippen LogP contribution in [-0.4, -0.2) is 58.8 Å². The molecule has 0 spiro atoms. The molecule has 206 valence electrons. The van der Waals surface area contributed by atoms with Crippen molar-refractivity contribution in [1.29, 1.82) is 10.5 Å². The zero-order valence-electron chi connectivity index (χ0n) is 23.0. The zero-order chi connectivity index (χ0) is 28.4. The van der Waals surface area contributed by atoms with Crippen LogP contribution in [0, 0.1) is 22.7 Å². The van der Waals surface area contributed by atoms with Gasteiger partial charge in [-0.25, -0.2) is 4.98 Å². The van der Waals surface area contributed by atoms with Crippen LogP contribution in [-0.2, 0) is 7.05 Å². The number of piperidine rings is 1. The lowest BCUT2D eigenvalue weighted by Gasteiger charge is -2.48. The number of aromatic nitrogens is 2. The molecule has 4 heterocycles. The summed E-state index contributed by atoms with van der Waals surface area (Å²) < 4.78 is 2.35. The second kappa shape index (κ2) is 11.7. The van der Waals surface area contributed by atoms with Crippen molar-refractivity contribution in [2.75, 3.05) is 41.3 Å². The Morgan fingerprint density at radius 1 is 0.975 bits per heavy atom. The van der Waals surface area contributed by atoms with Gasteiger partial charge in [0.2, 0.25) is 0 Å². The third-order valence-corrected chi connectivity index (χ3v) is 8.53. The number of hydrogen-bond acceptors (Lipinski definition) is 8. The maximum atomic E-state index is 12.4. The fourth-order valence-electron chi connectivity index (χ4n) is 5.99. The largest absolute Gasteiger partial charge is 0.369 e. The van der Waals surface area contributed by atoms with Crippen molar-refractivity contribution in [2.24, 2.45) is 7.05 Å². The summed E-state index contributed by atoms with van der Waals surface area (Å²) in [5, 5.41) is 21.8. The molecule has 2 aromatic heterocycles. The smallest absolute Gasteiger partial charge is 0.274 e. The molecule has 9 nitrogen and oxygen atoms in total. The molecule has 2 fully saturated rings. The fourth-order valence-corrected chi connectivity index (χ4v) is 6.53. The third-order valence-electron chi connectivity index (χ3n) is 8.09. The highest BCUT2D eigenvalue weighted by atomic mass is 79.9. The number of anilines is 4. The van der Waals surface area contributed by atoms with Gasteiger partial charge in [0.1, 0.15) is 23.6 Å². The van der Waals surface area contributed by atoms with E-state index in [1.54, 1.807) is 25.4 Å². The molecule has 0 aliphatic carbocycles. The Labute approximate surface area is 243 Å². The Balaban J connectivity index is 1.19. The quantitative estimate of drug-likeness (QED) is 0.453. The number of pyridine rings is 2. The summed E-state index contributed by atoms with van der Waals surface area (Å²) in [7, 11) is 1.72. The van der Waals surface area contributed by atoms with Gasteiger partial charge in [-0.1, -0.05) is 0 Å². The van der Waals surface area contributed by atoms with Gasteiger partial charge in [-0.05, 0) is 79.0 Å². The highest BCUT2D eigenvalue weighted by molar-refractivity contribution is 9.10. The lowest BCUT2D eigenvalue weighted by atomic mass is 9.94. The van der Waals surface area contributed by atoms with E-state index in [0.717, 1.165) is 54.9 Å². The van der Waals surface area contributed by atoms with E-state index >= 15 is 0 Å². The van der Waals surface area contributed by atoms with Gasteiger partial charge in [-0.15, -0.1) is 0 Å². The highest BCUT2D eigenvalue weighted by Gasteiger charge is 2.33. The SMILES string of the molecule is CC1CN(C2CCN(c3ccc(C#N)c(C#N)c3)[C@H](C)C2)CCN1c1ccc(Nc2cc(Br)cn(C)c2=O)nc1. The van der Waals surface area contributed by atoms with Crippen LogP contribution in [0.4, 0.5) is 22.9 Å². The molecule has 1 aromatic carbocycles. The number of benzene rings is 1. The van der Waals surface area contributed by atoms with Crippen LogP contribution in [0.15, 0.2) is 58.1 Å². The van der Waals surface area contributed by atoms with Crippen molar-refractivity contribution in [3.05, 3.63) is 74.7 Å². The summed E-state index contributed by atoms with van der Waals surface area (Å²) in [5.74, 6) is 0.634. The molecular weight excluding hydrogens is 568 g/mol. The topological polar surface area (TPSA) is 104 Å². The summed E-state index contributed by atoms with van der Waals surface area (Å²) in [6.45, 7) is 8.35. The number of nitrogens with one attached hydrogen (secondary N) is 1. The first-order chi connectivity index (χ1) is 19.3. The average Bonchev–Trinajstić information content (AvgIpc) is 2.95. The molecule has 3 aromatic rings. The van der Waals surface area contributed by atoms with Gasteiger partial charge in [0.15, 0.2) is 0 Å². The minimum absolute atomic E-state index is 0.109. The standard InChI is InChI=1S/C30H33BrN8O/c1-20-12-25(8-9-38(20)26-5-4-22(15-32)23(13-26)16-33)37-10-11-39(21(2)18-37)27-6-7-29(34-17-27)35-28-14-24(31)19-36(3)30(28)40/h4-7,13-14,17,19-21,25H,8-12,18H2,1-3H3,(H,34,35)/t20-,21?,25?/m1/s1. The van der Waals surface area contributed by atoms with Crippen LogP contribution in [0.25, 0.3) is 0 Å². The lowest BCUT2D eigenvalue weighted by Crippen LogP contribution is -2.58. The highest BCUT2D eigenvalue weighted by Crippen LogP contribution is 2.31. The van der Waals surface area contributed by atoms with Crippen molar-refractivity contribution in [3.63, 3.8) is 0 Å². The molecule has 0 bridgehead atoms. The molecule has 0 amide bonds. The molecule has 2 unspecified atom stereocenters. The van der Waals surface area contributed by atoms with Gasteiger partial charge in [0.05, 0.1) is 23.0 Å².